The third-order valence-electron chi connectivity index (χ3n) is 4.22. The minimum absolute atomic E-state index is 0. The molecule has 0 radical (unpaired) electrons. The lowest BCUT2D eigenvalue weighted by Crippen LogP contribution is -2.36. The molecule has 1 unspecified atom stereocenters. The first-order valence-electron chi connectivity index (χ1n) is 7.93. The van der Waals surface area contributed by atoms with Crippen LogP contribution in [0.3, 0.4) is 0 Å². The monoisotopic (exact) mass is 330 g/mol. The maximum atomic E-state index is 12.4. The topological polar surface area (TPSA) is 41.1 Å². The van der Waals surface area contributed by atoms with Crippen LogP contribution in [0.2, 0.25) is 0 Å². The Morgan fingerprint density at radius 1 is 1.04 bits per heavy atom. The molecule has 1 fully saturated rings. The van der Waals surface area contributed by atoms with Crippen molar-refractivity contribution in [2.75, 3.05) is 13.1 Å². The lowest BCUT2D eigenvalue weighted by atomic mass is 9.88. The second-order valence-corrected chi connectivity index (χ2v) is 5.84. The van der Waals surface area contributed by atoms with Gasteiger partial charge in [-0.3, -0.25) is 4.79 Å². The molecule has 23 heavy (non-hydrogen) atoms. The highest BCUT2D eigenvalue weighted by Crippen LogP contribution is 2.27. The van der Waals surface area contributed by atoms with Gasteiger partial charge in [0.15, 0.2) is 0 Å². The van der Waals surface area contributed by atoms with Gasteiger partial charge in [-0.1, -0.05) is 60.7 Å². The molecule has 1 atom stereocenters. The van der Waals surface area contributed by atoms with E-state index in [1.807, 2.05) is 36.4 Å². The molecule has 1 aliphatic rings. The molecule has 2 aromatic rings. The number of benzene rings is 2. The van der Waals surface area contributed by atoms with E-state index >= 15 is 0 Å². The maximum Gasteiger partial charge on any atom is 0.221 e. The van der Waals surface area contributed by atoms with Crippen molar-refractivity contribution in [3.05, 3.63) is 71.8 Å². The van der Waals surface area contributed by atoms with Crippen LogP contribution in [-0.4, -0.2) is 25.0 Å². The fraction of sp³-hybridized carbons (Fsp3) is 0.316. The Labute approximate surface area is 143 Å². The van der Waals surface area contributed by atoms with E-state index in [2.05, 4.69) is 34.9 Å². The Kier molecular flexibility index (Phi) is 6.63. The van der Waals surface area contributed by atoms with Gasteiger partial charge in [0, 0.05) is 24.9 Å². The minimum atomic E-state index is 0. The number of carbonyl (C=O) groups excluding carboxylic acids is 1. The van der Waals surface area contributed by atoms with Gasteiger partial charge in [0.2, 0.25) is 5.91 Å². The molecule has 0 bridgehead atoms. The van der Waals surface area contributed by atoms with Crippen LogP contribution in [0.5, 0.6) is 0 Å². The Morgan fingerprint density at radius 3 is 2.09 bits per heavy atom. The zero-order chi connectivity index (χ0) is 15.2. The van der Waals surface area contributed by atoms with Crippen molar-refractivity contribution in [3.8, 4) is 0 Å². The van der Waals surface area contributed by atoms with E-state index < -0.39 is 0 Å². The largest absolute Gasteiger partial charge is 0.352 e. The normalized spacial score (nSPS) is 16.8. The summed E-state index contributed by atoms with van der Waals surface area (Å²) in [7, 11) is 0. The van der Waals surface area contributed by atoms with Crippen LogP contribution < -0.4 is 10.6 Å². The first-order chi connectivity index (χ1) is 10.8. The van der Waals surface area contributed by atoms with Gasteiger partial charge < -0.3 is 10.6 Å². The first kappa shape index (κ1) is 17.5. The summed E-state index contributed by atoms with van der Waals surface area (Å²) in [4.78, 5) is 12.4. The molecule has 2 aromatic carbocycles. The van der Waals surface area contributed by atoms with Crippen LogP contribution in [0.1, 0.15) is 29.9 Å². The lowest BCUT2D eigenvalue weighted by molar-refractivity contribution is -0.121. The van der Waals surface area contributed by atoms with E-state index in [0.717, 1.165) is 19.5 Å². The highest BCUT2D eigenvalue weighted by Gasteiger charge is 2.21. The van der Waals surface area contributed by atoms with Crippen molar-refractivity contribution in [2.45, 2.75) is 24.8 Å². The number of rotatable bonds is 5. The summed E-state index contributed by atoms with van der Waals surface area (Å²) in [5, 5.41) is 6.43. The molecule has 0 aromatic heterocycles. The fourth-order valence-electron chi connectivity index (χ4n) is 3.05. The van der Waals surface area contributed by atoms with Gasteiger partial charge >= 0.3 is 0 Å². The van der Waals surface area contributed by atoms with Crippen LogP contribution >= 0.6 is 12.4 Å². The van der Waals surface area contributed by atoms with Gasteiger partial charge in [-0.2, -0.15) is 0 Å². The summed E-state index contributed by atoms with van der Waals surface area (Å²) in [6.45, 7) is 1.87. The summed E-state index contributed by atoms with van der Waals surface area (Å²) >= 11 is 0. The number of hydrogen-bond acceptors (Lipinski definition) is 2. The zero-order valence-corrected chi connectivity index (χ0v) is 13.9. The standard InChI is InChI=1S/C19H22N2O.ClH/c22-19(21-17-11-12-20-14-17)13-18(15-7-3-1-4-8-15)16-9-5-2-6-10-16;/h1-10,17-18,20H,11-14H2,(H,21,22);1H. The molecule has 1 heterocycles. The quantitative estimate of drug-likeness (QED) is 0.884. The fourth-order valence-corrected chi connectivity index (χ4v) is 3.05. The number of halogens is 1. The Balaban J connectivity index is 0.00000192. The van der Waals surface area contributed by atoms with E-state index in [-0.39, 0.29) is 30.3 Å². The Morgan fingerprint density at radius 2 is 1.61 bits per heavy atom. The number of hydrogen-bond donors (Lipinski definition) is 2. The highest BCUT2D eigenvalue weighted by molar-refractivity contribution is 5.85. The average Bonchev–Trinajstić information content (AvgIpc) is 3.07. The number of amides is 1. The van der Waals surface area contributed by atoms with Crippen LogP contribution in [-0.2, 0) is 4.79 Å². The molecular weight excluding hydrogens is 308 g/mol. The van der Waals surface area contributed by atoms with E-state index in [4.69, 9.17) is 0 Å². The Hall–Kier alpha value is -1.84. The van der Waals surface area contributed by atoms with E-state index in [1.54, 1.807) is 0 Å². The highest BCUT2D eigenvalue weighted by atomic mass is 35.5. The Bertz CT molecular complexity index is 558. The van der Waals surface area contributed by atoms with Gasteiger partial charge in [0.05, 0.1) is 0 Å². The molecule has 4 heteroatoms. The number of nitrogens with one attached hydrogen (secondary N) is 2. The minimum Gasteiger partial charge on any atom is -0.352 e. The van der Waals surface area contributed by atoms with E-state index in [0.29, 0.717) is 6.42 Å². The SMILES string of the molecule is Cl.O=C(CC(c1ccccc1)c1ccccc1)NC1CCNC1. The van der Waals surface area contributed by atoms with Crippen molar-refractivity contribution >= 4 is 18.3 Å². The summed E-state index contributed by atoms with van der Waals surface area (Å²) in [5.41, 5.74) is 2.38. The third-order valence-corrected chi connectivity index (χ3v) is 4.22. The van der Waals surface area contributed by atoms with E-state index in [9.17, 15) is 4.79 Å². The van der Waals surface area contributed by atoms with Crippen LogP contribution in [0, 0.1) is 0 Å². The average molecular weight is 331 g/mol. The van der Waals surface area contributed by atoms with Crippen molar-refractivity contribution in [1.82, 2.24) is 10.6 Å². The molecule has 1 aliphatic heterocycles. The first-order valence-corrected chi connectivity index (χ1v) is 7.93. The van der Waals surface area contributed by atoms with Crippen LogP contribution in [0.15, 0.2) is 60.7 Å². The number of carbonyl (C=O) groups is 1. The van der Waals surface area contributed by atoms with Crippen LogP contribution in [0.4, 0.5) is 0 Å². The molecule has 2 N–H and O–H groups in total. The van der Waals surface area contributed by atoms with Crippen molar-refractivity contribution in [3.63, 3.8) is 0 Å². The van der Waals surface area contributed by atoms with Crippen molar-refractivity contribution in [2.24, 2.45) is 0 Å². The summed E-state index contributed by atoms with van der Waals surface area (Å²) in [6, 6.07) is 20.8. The summed E-state index contributed by atoms with van der Waals surface area (Å²) < 4.78 is 0. The predicted octanol–water partition coefficient (Wildman–Crippen LogP) is 3.11. The van der Waals surface area contributed by atoms with Crippen LogP contribution in [0.25, 0.3) is 0 Å². The summed E-state index contributed by atoms with van der Waals surface area (Å²) in [6.07, 6.45) is 1.51. The van der Waals surface area contributed by atoms with Crippen molar-refractivity contribution < 1.29 is 4.79 Å². The molecule has 0 saturated carbocycles. The lowest BCUT2D eigenvalue weighted by Gasteiger charge is -2.19. The van der Waals surface area contributed by atoms with Gasteiger partial charge in [0.1, 0.15) is 0 Å². The smallest absolute Gasteiger partial charge is 0.221 e. The van der Waals surface area contributed by atoms with Gasteiger partial charge in [-0.05, 0) is 24.1 Å². The van der Waals surface area contributed by atoms with Gasteiger partial charge in [-0.25, -0.2) is 0 Å². The predicted molar refractivity (Wildman–Crippen MR) is 96.0 cm³/mol. The van der Waals surface area contributed by atoms with Crippen molar-refractivity contribution in [1.29, 1.82) is 0 Å². The summed E-state index contributed by atoms with van der Waals surface area (Å²) in [5.74, 6) is 0.239. The molecular formula is C19H23ClN2O. The molecule has 3 rings (SSSR count). The molecule has 1 saturated heterocycles. The third kappa shape index (κ3) is 4.81. The molecule has 0 spiro atoms. The second kappa shape index (κ2) is 8.70. The second-order valence-electron chi connectivity index (χ2n) is 5.84. The zero-order valence-electron chi connectivity index (χ0n) is 13.1. The maximum absolute atomic E-state index is 12.4. The van der Waals surface area contributed by atoms with E-state index in [1.165, 1.54) is 11.1 Å². The van der Waals surface area contributed by atoms with Gasteiger partial charge in [-0.15, -0.1) is 12.4 Å². The van der Waals surface area contributed by atoms with Gasteiger partial charge in [0.25, 0.3) is 0 Å². The molecule has 122 valence electrons. The molecule has 0 aliphatic carbocycles. The molecule has 3 nitrogen and oxygen atoms in total. The molecule has 1 amide bonds.